The SMILES string of the molecule is C/C=C1/C(=O)N[C@@](OCC)(O[C@@H]2COCC[C@H]2Br)/C1=C/C. The zero-order valence-corrected chi connectivity index (χ0v) is 14.2. The van der Waals surface area contributed by atoms with Crippen molar-refractivity contribution in [2.45, 2.75) is 44.0 Å². The number of allylic oxidation sites excluding steroid dienone is 2. The summed E-state index contributed by atoms with van der Waals surface area (Å²) >= 11 is 3.62. The van der Waals surface area contributed by atoms with E-state index < -0.39 is 5.91 Å². The van der Waals surface area contributed by atoms with E-state index in [0.29, 0.717) is 25.4 Å². The molecule has 2 heterocycles. The van der Waals surface area contributed by atoms with Gasteiger partial charge in [-0.3, -0.25) is 10.1 Å². The van der Waals surface area contributed by atoms with Crippen molar-refractivity contribution < 1.29 is 19.0 Å². The molecule has 2 saturated heterocycles. The van der Waals surface area contributed by atoms with Crippen LogP contribution >= 0.6 is 15.9 Å². The van der Waals surface area contributed by atoms with Crippen LogP contribution in [-0.2, 0) is 19.0 Å². The fraction of sp³-hybridized carbons (Fsp3) is 0.667. The highest BCUT2D eigenvalue weighted by Gasteiger charge is 2.50. The molecule has 0 bridgehead atoms. The lowest BCUT2D eigenvalue weighted by atomic mass is 10.1. The molecule has 21 heavy (non-hydrogen) atoms. The van der Waals surface area contributed by atoms with Crippen LogP contribution in [0.25, 0.3) is 0 Å². The van der Waals surface area contributed by atoms with Crippen LogP contribution in [-0.4, -0.2) is 42.6 Å². The second kappa shape index (κ2) is 7.05. The highest BCUT2D eigenvalue weighted by atomic mass is 79.9. The Hall–Kier alpha value is -0.690. The van der Waals surface area contributed by atoms with Gasteiger partial charge in [0.05, 0.1) is 12.7 Å². The second-order valence-corrected chi connectivity index (χ2v) is 6.12. The van der Waals surface area contributed by atoms with Gasteiger partial charge < -0.3 is 14.2 Å². The summed E-state index contributed by atoms with van der Waals surface area (Å²) in [5.41, 5.74) is 1.32. The molecule has 2 aliphatic rings. The Morgan fingerprint density at radius 2 is 2.24 bits per heavy atom. The quantitative estimate of drug-likeness (QED) is 0.475. The Bertz CT molecular complexity index is 463. The molecule has 0 aromatic rings. The molecule has 0 spiro atoms. The maximum absolute atomic E-state index is 12.2. The summed E-state index contributed by atoms with van der Waals surface area (Å²) in [6, 6.07) is 0. The van der Waals surface area contributed by atoms with Crippen molar-refractivity contribution in [2.24, 2.45) is 0 Å². The maximum atomic E-state index is 12.2. The topological polar surface area (TPSA) is 56.8 Å². The first kappa shape index (κ1) is 16.7. The highest BCUT2D eigenvalue weighted by Crippen LogP contribution is 2.36. The Kier molecular flexibility index (Phi) is 5.60. The van der Waals surface area contributed by atoms with Crippen molar-refractivity contribution in [3.8, 4) is 0 Å². The van der Waals surface area contributed by atoms with Gasteiger partial charge in [-0.1, -0.05) is 28.1 Å². The molecule has 0 aromatic carbocycles. The standard InChI is InChI=1S/C15H22BrNO4/c1-4-10-11(5-2)15(20-6-3,17-14(10)18)21-13-9-19-8-7-12(13)16/h4-5,12-13H,6-9H2,1-3H3,(H,17,18)/b10-4+,11-5+/t12-,13-,15+/m1/s1. The van der Waals surface area contributed by atoms with Crippen molar-refractivity contribution in [2.75, 3.05) is 19.8 Å². The maximum Gasteiger partial charge on any atom is 0.281 e. The molecule has 0 aromatic heterocycles. The normalized spacial score (nSPS) is 37.2. The van der Waals surface area contributed by atoms with E-state index in [9.17, 15) is 4.79 Å². The Labute approximate surface area is 133 Å². The lowest BCUT2D eigenvalue weighted by Gasteiger charge is -2.37. The number of carbonyl (C=O) groups excluding carboxylic acids is 1. The second-order valence-electron chi connectivity index (χ2n) is 4.94. The van der Waals surface area contributed by atoms with Crippen molar-refractivity contribution >= 4 is 21.8 Å². The third-order valence-electron chi connectivity index (χ3n) is 3.63. The molecule has 6 heteroatoms. The van der Waals surface area contributed by atoms with Gasteiger partial charge in [-0.25, -0.2) is 0 Å². The number of ether oxygens (including phenoxy) is 3. The third kappa shape index (κ3) is 3.23. The average molecular weight is 360 g/mol. The number of amides is 1. The number of nitrogens with one attached hydrogen (secondary N) is 1. The Balaban J connectivity index is 2.30. The van der Waals surface area contributed by atoms with Crippen LogP contribution in [0.2, 0.25) is 0 Å². The van der Waals surface area contributed by atoms with Gasteiger partial charge in [-0.2, -0.15) is 0 Å². The first-order chi connectivity index (χ1) is 10.1. The lowest BCUT2D eigenvalue weighted by Crippen LogP contribution is -2.53. The molecule has 3 atom stereocenters. The molecule has 0 saturated carbocycles. The van der Waals surface area contributed by atoms with Gasteiger partial charge in [-0.15, -0.1) is 0 Å². The fourth-order valence-corrected chi connectivity index (χ4v) is 3.11. The van der Waals surface area contributed by atoms with E-state index in [1.54, 1.807) is 6.08 Å². The van der Waals surface area contributed by atoms with Crippen molar-refractivity contribution in [1.29, 1.82) is 0 Å². The van der Waals surface area contributed by atoms with E-state index in [1.165, 1.54) is 0 Å². The number of hydrogen-bond donors (Lipinski definition) is 1. The van der Waals surface area contributed by atoms with Gasteiger partial charge in [0.1, 0.15) is 0 Å². The monoisotopic (exact) mass is 359 g/mol. The zero-order chi connectivity index (χ0) is 15.5. The summed E-state index contributed by atoms with van der Waals surface area (Å²) in [4.78, 5) is 12.3. The van der Waals surface area contributed by atoms with E-state index >= 15 is 0 Å². The Morgan fingerprint density at radius 1 is 1.48 bits per heavy atom. The zero-order valence-electron chi connectivity index (χ0n) is 12.6. The minimum Gasteiger partial charge on any atom is -0.379 e. The van der Waals surface area contributed by atoms with Crippen molar-refractivity contribution in [1.82, 2.24) is 5.32 Å². The van der Waals surface area contributed by atoms with E-state index in [2.05, 4.69) is 21.2 Å². The first-order valence-electron chi connectivity index (χ1n) is 7.27. The number of rotatable bonds is 4. The minimum absolute atomic E-state index is 0.174. The van der Waals surface area contributed by atoms with Crippen LogP contribution in [0.1, 0.15) is 27.2 Å². The smallest absolute Gasteiger partial charge is 0.281 e. The molecule has 2 aliphatic heterocycles. The predicted molar refractivity (Wildman–Crippen MR) is 83.0 cm³/mol. The summed E-state index contributed by atoms with van der Waals surface area (Å²) in [5.74, 6) is -1.40. The van der Waals surface area contributed by atoms with Gasteiger partial charge in [0.15, 0.2) is 0 Å². The van der Waals surface area contributed by atoms with Crippen LogP contribution in [0.3, 0.4) is 0 Å². The molecule has 1 N–H and O–H groups in total. The molecular weight excluding hydrogens is 338 g/mol. The van der Waals surface area contributed by atoms with Gasteiger partial charge in [0, 0.05) is 29.2 Å². The molecule has 2 rings (SSSR count). The molecule has 0 radical (unpaired) electrons. The molecule has 1 amide bonds. The number of hydrogen-bond acceptors (Lipinski definition) is 4. The van der Waals surface area contributed by atoms with E-state index in [-0.39, 0.29) is 16.8 Å². The minimum atomic E-state index is -1.22. The first-order valence-corrected chi connectivity index (χ1v) is 8.19. The third-order valence-corrected chi connectivity index (χ3v) is 4.68. The van der Waals surface area contributed by atoms with Crippen LogP contribution < -0.4 is 5.32 Å². The van der Waals surface area contributed by atoms with Crippen LogP contribution in [0.15, 0.2) is 23.3 Å². The predicted octanol–water partition coefficient (Wildman–Crippen LogP) is 2.27. The van der Waals surface area contributed by atoms with Gasteiger partial charge in [0.2, 0.25) is 0 Å². The Morgan fingerprint density at radius 3 is 2.81 bits per heavy atom. The van der Waals surface area contributed by atoms with Crippen molar-refractivity contribution in [3.05, 3.63) is 23.3 Å². The lowest BCUT2D eigenvalue weighted by molar-refractivity contribution is -0.252. The van der Waals surface area contributed by atoms with Crippen LogP contribution in [0.5, 0.6) is 0 Å². The number of carbonyl (C=O) groups is 1. The summed E-state index contributed by atoms with van der Waals surface area (Å²) < 4.78 is 17.4. The van der Waals surface area contributed by atoms with Gasteiger partial charge in [-0.05, 0) is 27.2 Å². The molecule has 118 valence electrons. The van der Waals surface area contributed by atoms with E-state index in [4.69, 9.17) is 14.2 Å². The molecule has 0 aliphatic carbocycles. The summed E-state index contributed by atoms with van der Waals surface area (Å²) in [6.07, 6.45) is 4.31. The summed E-state index contributed by atoms with van der Waals surface area (Å²) in [5, 5.41) is 2.84. The average Bonchev–Trinajstić information content (AvgIpc) is 2.72. The van der Waals surface area contributed by atoms with Crippen molar-refractivity contribution in [3.63, 3.8) is 0 Å². The van der Waals surface area contributed by atoms with E-state index in [0.717, 1.165) is 12.0 Å². The van der Waals surface area contributed by atoms with Crippen LogP contribution in [0, 0.1) is 0 Å². The molecular formula is C15H22BrNO4. The van der Waals surface area contributed by atoms with Gasteiger partial charge in [0.25, 0.3) is 11.8 Å². The highest BCUT2D eigenvalue weighted by molar-refractivity contribution is 9.09. The molecule has 2 fully saturated rings. The summed E-state index contributed by atoms with van der Waals surface area (Å²) in [6.45, 7) is 7.19. The van der Waals surface area contributed by atoms with Crippen LogP contribution in [0.4, 0.5) is 0 Å². The largest absolute Gasteiger partial charge is 0.379 e. The fourth-order valence-electron chi connectivity index (χ4n) is 2.67. The molecule has 0 unspecified atom stereocenters. The molecule has 5 nitrogen and oxygen atoms in total. The number of halogens is 1. The van der Waals surface area contributed by atoms with E-state index in [1.807, 2.05) is 26.8 Å². The number of alkyl halides is 1. The summed E-state index contributed by atoms with van der Waals surface area (Å²) in [7, 11) is 0. The van der Waals surface area contributed by atoms with Gasteiger partial charge >= 0.3 is 0 Å².